The van der Waals surface area contributed by atoms with Crippen molar-refractivity contribution in [2.24, 2.45) is 0 Å². The Hall–Kier alpha value is -2.61. The van der Waals surface area contributed by atoms with E-state index in [0.29, 0.717) is 26.3 Å². The van der Waals surface area contributed by atoms with Gasteiger partial charge < -0.3 is 19.1 Å². The first-order chi connectivity index (χ1) is 13.7. The van der Waals surface area contributed by atoms with E-state index in [4.69, 9.17) is 14.2 Å². The van der Waals surface area contributed by atoms with Crippen molar-refractivity contribution >= 4 is 18.0 Å². The largest absolute Gasteiger partial charge is 0.460 e. The van der Waals surface area contributed by atoms with E-state index in [9.17, 15) is 14.4 Å². The van der Waals surface area contributed by atoms with Gasteiger partial charge in [-0.05, 0) is 26.3 Å². The molecule has 8 heteroatoms. The third-order valence-electron chi connectivity index (χ3n) is 4.35. The molecule has 1 fully saturated rings. The number of morpholine rings is 1. The molecule has 29 heavy (non-hydrogen) atoms. The van der Waals surface area contributed by atoms with Crippen LogP contribution in [0.1, 0.15) is 32.8 Å². The molecule has 1 aliphatic rings. The first-order valence-corrected chi connectivity index (χ1v) is 9.69. The summed E-state index contributed by atoms with van der Waals surface area (Å²) >= 11 is 0. The predicted octanol–water partition coefficient (Wildman–Crippen LogP) is 2.21. The van der Waals surface area contributed by atoms with Crippen LogP contribution in [0.2, 0.25) is 0 Å². The Morgan fingerprint density at radius 2 is 1.76 bits per heavy atom. The van der Waals surface area contributed by atoms with Gasteiger partial charge in [0, 0.05) is 20.1 Å². The average molecular weight is 406 g/mol. The first-order valence-electron chi connectivity index (χ1n) is 9.69. The molecule has 0 N–H and O–H groups in total. The van der Waals surface area contributed by atoms with Crippen LogP contribution in [0.15, 0.2) is 30.3 Å². The molecule has 1 unspecified atom stereocenters. The van der Waals surface area contributed by atoms with Crippen LogP contribution in [0.25, 0.3) is 0 Å². The molecule has 1 aromatic carbocycles. The van der Waals surface area contributed by atoms with Crippen molar-refractivity contribution in [2.75, 3.05) is 33.4 Å². The summed E-state index contributed by atoms with van der Waals surface area (Å²) in [6, 6.07) is 8.23. The van der Waals surface area contributed by atoms with Crippen LogP contribution in [-0.2, 0) is 30.4 Å². The summed E-state index contributed by atoms with van der Waals surface area (Å²) in [5, 5.41) is 0. The Kier molecular flexibility index (Phi) is 8.01. The number of benzene rings is 1. The van der Waals surface area contributed by atoms with Crippen LogP contribution in [-0.4, -0.2) is 72.8 Å². The summed E-state index contributed by atoms with van der Waals surface area (Å²) < 4.78 is 16.0. The maximum absolute atomic E-state index is 13.0. The van der Waals surface area contributed by atoms with Crippen molar-refractivity contribution in [2.45, 2.75) is 45.4 Å². The minimum atomic E-state index is -1.01. The highest BCUT2D eigenvalue weighted by atomic mass is 16.6. The van der Waals surface area contributed by atoms with Gasteiger partial charge in [0.2, 0.25) is 5.91 Å². The van der Waals surface area contributed by atoms with Gasteiger partial charge in [-0.25, -0.2) is 4.79 Å². The lowest BCUT2D eigenvalue weighted by Gasteiger charge is -2.34. The maximum Gasteiger partial charge on any atom is 0.410 e. The second kappa shape index (κ2) is 10.2. The standard InChI is InChI=1S/C21H30N2O6/c1-21(2,3)29-18(24)14-17(19(25)23-10-12-27-13-11-23)22(4)20(26)28-15-16-8-6-5-7-9-16/h5-9,17H,10-15H2,1-4H3. The molecule has 1 heterocycles. The number of hydrogen-bond donors (Lipinski definition) is 0. The SMILES string of the molecule is CN(C(=O)OCc1ccccc1)C(CC(=O)OC(C)(C)C)C(=O)N1CCOCC1. The minimum Gasteiger partial charge on any atom is -0.460 e. The van der Waals surface area contributed by atoms with Gasteiger partial charge in [0.15, 0.2) is 0 Å². The molecule has 0 bridgehead atoms. The molecule has 1 atom stereocenters. The van der Waals surface area contributed by atoms with E-state index in [1.807, 2.05) is 30.3 Å². The number of rotatable bonds is 6. The molecule has 2 rings (SSSR count). The number of esters is 1. The van der Waals surface area contributed by atoms with Gasteiger partial charge in [0.1, 0.15) is 18.2 Å². The molecule has 0 saturated carbocycles. The van der Waals surface area contributed by atoms with Crippen LogP contribution in [0.4, 0.5) is 4.79 Å². The Morgan fingerprint density at radius 3 is 2.34 bits per heavy atom. The summed E-state index contributed by atoms with van der Waals surface area (Å²) in [5.41, 5.74) is 0.146. The van der Waals surface area contributed by atoms with Gasteiger partial charge in [0.25, 0.3) is 0 Å². The van der Waals surface area contributed by atoms with Crippen molar-refractivity contribution in [3.63, 3.8) is 0 Å². The third kappa shape index (κ3) is 7.38. The number of nitrogens with zero attached hydrogens (tertiary/aromatic N) is 2. The van der Waals surface area contributed by atoms with Gasteiger partial charge in [-0.3, -0.25) is 14.5 Å². The molecule has 0 radical (unpaired) electrons. The van der Waals surface area contributed by atoms with Gasteiger partial charge in [0.05, 0.1) is 19.6 Å². The Labute approximate surface area is 171 Å². The highest BCUT2D eigenvalue weighted by molar-refractivity contribution is 5.89. The molecule has 2 amide bonds. The quantitative estimate of drug-likeness (QED) is 0.674. The van der Waals surface area contributed by atoms with E-state index in [-0.39, 0.29) is 18.9 Å². The molecule has 160 valence electrons. The monoisotopic (exact) mass is 406 g/mol. The average Bonchev–Trinajstić information content (AvgIpc) is 2.69. The highest BCUT2D eigenvalue weighted by Crippen LogP contribution is 2.15. The number of hydrogen-bond acceptors (Lipinski definition) is 6. The van der Waals surface area contributed by atoms with E-state index in [0.717, 1.165) is 5.56 Å². The zero-order valence-electron chi connectivity index (χ0n) is 17.6. The van der Waals surface area contributed by atoms with Crippen LogP contribution in [0.5, 0.6) is 0 Å². The summed E-state index contributed by atoms with van der Waals surface area (Å²) in [6.45, 7) is 7.01. The zero-order chi connectivity index (χ0) is 21.4. The number of amides is 2. The van der Waals surface area contributed by atoms with Crippen molar-refractivity contribution in [3.05, 3.63) is 35.9 Å². The fourth-order valence-electron chi connectivity index (χ4n) is 2.87. The van der Waals surface area contributed by atoms with Gasteiger partial charge >= 0.3 is 12.1 Å². The molecular weight excluding hydrogens is 376 g/mol. The van der Waals surface area contributed by atoms with Gasteiger partial charge in [-0.15, -0.1) is 0 Å². The lowest BCUT2D eigenvalue weighted by molar-refractivity contribution is -0.159. The van der Waals surface area contributed by atoms with E-state index >= 15 is 0 Å². The fraction of sp³-hybridized carbons (Fsp3) is 0.571. The summed E-state index contributed by atoms with van der Waals surface area (Å²) in [4.78, 5) is 40.7. The molecule has 0 aliphatic carbocycles. The van der Waals surface area contributed by atoms with Crippen LogP contribution in [0.3, 0.4) is 0 Å². The smallest absolute Gasteiger partial charge is 0.410 e. The Morgan fingerprint density at radius 1 is 1.14 bits per heavy atom. The first kappa shape index (κ1) is 22.7. The number of likely N-dealkylation sites (N-methyl/N-ethyl adjacent to an activating group) is 1. The number of carbonyl (C=O) groups excluding carboxylic acids is 3. The second-order valence-electron chi connectivity index (χ2n) is 7.90. The highest BCUT2D eigenvalue weighted by Gasteiger charge is 2.35. The minimum absolute atomic E-state index is 0.0783. The lowest BCUT2D eigenvalue weighted by Crippen LogP contribution is -2.53. The predicted molar refractivity (Wildman–Crippen MR) is 106 cm³/mol. The Balaban J connectivity index is 2.07. The van der Waals surface area contributed by atoms with Crippen LogP contribution >= 0.6 is 0 Å². The molecule has 1 aliphatic heterocycles. The van der Waals surface area contributed by atoms with Gasteiger partial charge in [-0.1, -0.05) is 30.3 Å². The van der Waals surface area contributed by atoms with Crippen molar-refractivity contribution in [1.82, 2.24) is 9.80 Å². The van der Waals surface area contributed by atoms with Crippen LogP contribution < -0.4 is 0 Å². The van der Waals surface area contributed by atoms with E-state index in [2.05, 4.69) is 0 Å². The zero-order valence-corrected chi connectivity index (χ0v) is 17.6. The second-order valence-corrected chi connectivity index (χ2v) is 7.90. The van der Waals surface area contributed by atoms with Crippen molar-refractivity contribution < 1.29 is 28.6 Å². The number of ether oxygens (including phenoxy) is 3. The Bertz CT molecular complexity index is 695. The molecule has 1 aromatic rings. The summed E-state index contributed by atoms with van der Waals surface area (Å²) in [6.07, 6.45) is -0.922. The summed E-state index contributed by atoms with van der Waals surface area (Å²) in [5.74, 6) is -0.870. The topological polar surface area (TPSA) is 85.4 Å². The molecule has 0 spiro atoms. The van der Waals surface area contributed by atoms with E-state index in [1.54, 1.807) is 25.7 Å². The van der Waals surface area contributed by atoms with Crippen molar-refractivity contribution in [1.29, 1.82) is 0 Å². The molecule has 1 saturated heterocycles. The van der Waals surface area contributed by atoms with Crippen LogP contribution in [0, 0.1) is 0 Å². The van der Waals surface area contributed by atoms with Crippen molar-refractivity contribution in [3.8, 4) is 0 Å². The van der Waals surface area contributed by atoms with Gasteiger partial charge in [-0.2, -0.15) is 0 Å². The third-order valence-corrected chi connectivity index (χ3v) is 4.35. The number of carbonyl (C=O) groups is 3. The molecular formula is C21H30N2O6. The fourth-order valence-corrected chi connectivity index (χ4v) is 2.87. The van der Waals surface area contributed by atoms with E-state index in [1.165, 1.54) is 11.9 Å². The lowest BCUT2D eigenvalue weighted by atomic mass is 10.1. The molecule has 0 aromatic heterocycles. The maximum atomic E-state index is 13.0. The summed E-state index contributed by atoms with van der Waals surface area (Å²) in [7, 11) is 1.46. The van der Waals surface area contributed by atoms with E-state index < -0.39 is 23.7 Å². The molecule has 8 nitrogen and oxygen atoms in total. The normalized spacial score (nSPS) is 15.4.